The Hall–Kier alpha value is -1.95. The topological polar surface area (TPSA) is 72.2 Å². The number of nitrogens with two attached hydrogens (primary N) is 1. The van der Waals surface area contributed by atoms with Gasteiger partial charge >= 0.3 is 0 Å². The van der Waals surface area contributed by atoms with Crippen LogP contribution in [0.15, 0.2) is 53.4 Å². The first-order valence-corrected chi connectivity index (χ1v) is 8.64. The highest BCUT2D eigenvalue weighted by molar-refractivity contribution is 8.00. The number of nitrogens with one attached hydrogen (secondary N) is 1. The molecule has 2 aromatic rings. The summed E-state index contributed by atoms with van der Waals surface area (Å²) >= 11 is 13.4. The fraction of sp³-hybridized carbons (Fsp3) is 0.0588. The summed E-state index contributed by atoms with van der Waals surface area (Å²) in [5.74, 6) is -0.620. The number of carbonyl (C=O) groups excluding carboxylic acids is 2. The first-order valence-electron chi connectivity index (χ1n) is 6.90. The summed E-state index contributed by atoms with van der Waals surface area (Å²) in [5.41, 5.74) is 6.33. The average Bonchev–Trinajstić information content (AvgIpc) is 2.53. The molecule has 0 fully saturated rings. The van der Waals surface area contributed by atoms with Crippen LogP contribution in [0.3, 0.4) is 0 Å². The minimum atomic E-state index is -0.422. The van der Waals surface area contributed by atoms with Crippen LogP contribution in [0, 0.1) is 0 Å². The van der Waals surface area contributed by atoms with E-state index in [9.17, 15) is 9.59 Å². The fourth-order valence-corrected chi connectivity index (χ4v) is 3.12. The number of amides is 2. The maximum absolute atomic E-state index is 12.1. The number of halogens is 2. The predicted octanol–water partition coefficient (Wildman–Crippen LogP) is 4.22. The van der Waals surface area contributed by atoms with Crippen LogP contribution in [0.25, 0.3) is 6.08 Å². The minimum Gasteiger partial charge on any atom is -0.369 e. The molecule has 0 aliphatic heterocycles. The molecule has 0 atom stereocenters. The molecule has 0 unspecified atom stereocenters. The molecule has 0 aromatic heterocycles. The molecule has 3 N–H and O–H groups in total. The zero-order valence-electron chi connectivity index (χ0n) is 12.5. The van der Waals surface area contributed by atoms with E-state index in [0.717, 1.165) is 4.90 Å². The van der Waals surface area contributed by atoms with Crippen LogP contribution >= 0.6 is 35.0 Å². The highest BCUT2D eigenvalue weighted by Crippen LogP contribution is 2.27. The molecule has 124 valence electrons. The Morgan fingerprint density at radius 1 is 1.08 bits per heavy atom. The van der Waals surface area contributed by atoms with E-state index >= 15 is 0 Å². The molecular weight excluding hydrogens is 367 g/mol. The molecule has 0 spiro atoms. The van der Waals surface area contributed by atoms with Gasteiger partial charge in [0, 0.05) is 26.6 Å². The highest BCUT2D eigenvalue weighted by atomic mass is 35.5. The van der Waals surface area contributed by atoms with Crippen LogP contribution in [0.1, 0.15) is 5.56 Å². The van der Waals surface area contributed by atoms with Gasteiger partial charge in [-0.25, -0.2) is 0 Å². The zero-order valence-corrected chi connectivity index (χ0v) is 14.8. The minimum absolute atomic E-state index is 0.137. The molecule has 2 rings (SSSR count). The van der Waals surface area contributed by atoms with Gasteiger partial charge in [0.25, 0.3) is 0 Å². The molecule has 24 heavy (non-hydrogen) atoms. The Morgan fingerprint density at radius 3 is 2.42 bits per heavy atom. The van der Waals surface area contributed by atoms with Gasteiger partial charge in [-0.15, -0.1) is 11.8 Å². The lowest BCUT2D eigenvalue weighted by Crippen LogP contribution is -2.13. The number of anilines is 1. The van der Waals surface area contributed by atoms with E-state index in [1.165, 1.54) is 17.8 Å². The van der Waals surface area contributed by atoms with E-state index in [1.807, 2.05) is 6.07 Å². The zero-order chi connectivity index (χ0) is 17.5. The van der Waals surface area contributed by atoms with Crippen LogP contribution in [0.5, 0.6) is 0 Å². The number of primary amides is 1. The van der Waals surface area contributed by atoms with Crippen molar-refractivity contribution >= 4 is 58.5 Å². The maximum Gasteiger partial charge on any atom is 0.248 e. The van der Waals surface area contributed by atoms with Crippen LogP contribution < -0.4 is 11.1 Å². The second-order valence-corrected chi connectivity index (χ2v) is 6.54. The number of carbonyl (C=O) groups is 2. The van der Waals surface area contributed by atoms with Crippen molar-refractivity contribution in [2.24, 2.45) is 5.73 Å². The first-order chi connectivity index (χ1) is 11.5. The summed E-state index contributed by atoms with van der Waals surface area (Å²) < 4.78 is 0. The first kappa shape index (κ1) is 18.4. The van der Waals surface area contributed by atoms with Crippen LogP contribution in [-0.2, 0) is 9.59 Å². The van der Waals surface area contributed by atoms with Crippen molar-refractivity contribution in [3.63, 3.8) is 0 Å². The average molecular weight is 381 g/mol. The van der Waals surface area contributed by atoms with E-state index in [1.54, 1.807) is 42.5 Å². The third-order valence-electron chi connectivity index (χ3n) is 2.92. The standard InChI is InChI=1S/C17H14Cl2N2O2S/c18-12-4-3-5-13(19)11(12)8-9-17(23)21-14-6-1-2-7-15(14)24-10-16(20)22/h1-9H,10H2,(H2,20,22)(H,21,23)/b9-8+. The summed E-state index contributed by atoms with van der Waals surface area (Å²) in [6.45, 7) is 0. The van der Waals surface area contributed by atoms with Crippen molar-refractivity contribution in [3.8, 4) is 0 Å². The molecule has 0 heterocycles. The molecular formula is C17H14Cl2N2O2S. The Labute approximate surface area is 154 Å². The fourth-order valence-electron chi connectivity index (χ4n) is 1.85. The molecule has 0 aliphatic carbocycles. The number of hydrogen-bond acceptors (Lipinski definition) is 3. The number of rotatable bonds is 6. The van der Waals surface area contributed by atoms with Gasteiger partial charge in [-0.05, 0) is 30.3 Å². The summed E-state index contributed by atoms with van der Waals surface area (Å²) in [6, 6.07) is 12.3. The summed E-state index contributed by atoms with van der Waals surface area (Å²) in [4.78, 5) is 23.8. The van der Waals surface area contributed by atoms with Crippen molar-refractivity contribution in [1.82, 2.24) is 0 Å². The van der Waals surface area contributed by atoms with Crippen LogP contribution in [-0.4, -0.2) is 17.6 Å². The third kappa shape index (κ3) is 5.30. The molecule has 2 aromatic carbocycles. The lowest BCUT2D eigenvalue weighted by atomic mass is 10.2. The SMILES string of the molecule is NC(=O)CSc1ccccc1NC(=O)/C=C/c1c(Cl)cccc1Cl. The molecule has 4 nitrogen and oxygen atoms in total. The normalized spacial score (nSPS) is 10.8. The number of thioether (sulfide) groups is 1. The number of hydrogen-bond donors (Lipinski definition) is 2. The Balaban J connectivity index is 2.10. The summed E-state index contributed by atoms with van der Waals surface area (Å²) in [5, 5.41) is 3.68. The summed E-state index contributed by atoms with van der Waals surface area (Å²) in [7, 11) is 0. The molecule has 0 saturated carbocycles. The Bertz CT molecular complexity index is 774. The van der Waals surface area contributed by atoms with Gasteiger partial charge in [-0.3, -0.25) is 9.59 Å². The molecule has 0 radical (unpaired) electrons. The quantitative estimate of drug-likeness (QED) is 0.581. The second-order valence-electron chi connectivity index (χ2n) is 4.71. The lowest BCUT2D eigenvalue weighted by molar-refractivity contribution is -0.115. The third-order valence-corrected chi connectivity index (χ3v) is 4.67. The van der Waals surface area contributed by atoms with Crippen molar-refractivity contribution in [2.75, 3.05) is 11.1 Å². The molecule has 0 saturated heterocycles. The van der Waals surface area contributed by atoms with Gasteiger partial charge < -0.3 is 11.1 Å². The van der Waals surface area contributed by atoms with Gasteiger partial charge in [-0.1, -0.05) is 41.4 Å². The van der Waals surface area contributed by atoms with Crippen molar-refractivity contribution in [1.29, 1.82) is 0 Å². The largest absolute Gasteiger partial charge is 0.369 e. The van der Waals surface area contributed by atoms with Crippen molar-refractivity contribution in [3.05, 3.63) is 64.1 Å². The van der Waals surface area contributed by atoms with Crippen LogP contribution in [0.4, 0.5) is 5.69 Å². The van der Waals surface area contributed by atoms with Gasteiger partial charge in [-0.2, -0.15) is 0 Å². The van der Waals surface area contributed by atoms with E-state index in [4.69, 9.17) is 28.9 Å². The van der Waals surface area contributed by atoms with E-state index in [-0.39, 0.29) is 11.7 Å². The smallest absolute Gasteiger partial charge is 0.248 e. The van der Waals surface area contributed by atoms with Gasteiger partial charge in [0.15, 0.2) is 0 Å². The Morgan fingerprint density at radius 2 is 1.75 bits per heavy atom. The molecule has 2 amide bonds. The number of para-hydroxylation sites is 1. The molecule has 0 bridgehead atoms. The Kier molecular flexibility index (Phi) is 6.73. The maximum atomic E-state index is 12.1. The van der Waals surface area contributed by atoms with E-state index in [2.05, 4.69) is 5.32 Å². The summed E-state index contributed by atoms with van der Waals surface area (Å²) in [6.07, 6.45) is 2.90. The van der Waals surface area contributed by atoms with E-state index < -0.39 is 5.91 Å². The predicted molar refractivity (Wildman–Crippen MR) is 100 cm³/mol. The highest BCUT2D eigenvalue weighted by Gasteiger charge is 2.07. The van der Waals surface area contributed by atoms with Crippen molar-refractivity contribution < 1.29 is 9.59 Å². The number of benzene rings is 2. The second kappa shape index (κ2) is 8.78. The monoisotopic (exact) mass is 380 g/mol. The van der Waals surface area contributed by atoms with E-state index in [0.29, 0.717) is 21.3 Å². The van der Waals surface area contributed by atoms with Crippen molar-refractivity contribution in [2.45, 2.75) is 4.90 Å². The molecule has 0 aliphatic rings. The van der Waals surface area contributed by atoms with Gasteiger partial charge in [0.2, 0.25) is 11.8 Å². The van der Waals surface area contributed by atoms with Crippen LogP contribution in [0.2, 0.25) is 10.0 Å². The lowest BCUT2D eigenvalue weighted by Gasteiger charge is -2.08. The van der Waals surface area contributed by atoms with Gasteiger partial charge in [0.05, 0.1) is 11.4 Å². The molecule has 7 heteroatoms. The van der Waals surface area contributed by atoms with Gasteiger partial charge in [0.1, 0.15) is 0 Å².